The predicted octanol–water partition coefficient (Wildman–Crippen LogP) is 3.43. The van der Waals surface area contributed by atoms with Crippen LogP contribution in [0.3, 0.4) is 0 Å². The largest absolute Gasteiger partial charge is 0.496 e. The van der Waals surface area contributed by atoms with Crippen molar-refractivity contribution < 1.29 is 4.74 Å². The first-order chi connectivity index (χ1) is 9.04. The number of rotatable bonds is 4. The molecule has 2 rings (SSSR count). The number of nitrogens with zero attached hydrogens (tertiary/aromatic N) is 2. The van der Waals surface area contributed by atoms with E-state index in [0.29, 0.717) is 0 Å². The van der Waals surface area contributed by atoms with Gasteiger partial charge in [-0.05, 0) is 43.4 Å². The highest BCUT2D eigenvalue weighted by molar-refractivity contribution is 6.32. The van der Waals surface area contributed by atoms with Crippen LogP contribution < -0.4 is 4.74 Å². The van der Waals surface area contributed by atoms with Gasteiger partial charge in [0.25, 0.3) is 0 Å². The van der Waals surface area contributed by atoms with Gasteiger partial charge in [0.05, 0.1) is 19.0 Å². The standard InChI is InChI=1S/C14H18ClN3O/c1-8(5-11-7-16-18-17-11)13-10(3)14(15)9(2)6-12(13)19-4/h6-8H,5H2,1-4H3,(H,16,17,18). The summed E-state index contributed by atoms with van der Waals surface area (Å²) in [6.07, 6.45) is 2.54. The average Bonchev–Trinajstić information content (AvgIpc) is 2.87. The maximum atomic E-state index is 6.35. The van der Waals surface area contributed by atoms with E-state index in [1.807, 2.05) is 19.9 Å². The van der Waals surface area contributed by atoms with Crippen LogP contribution in [0.4, 0.5) is 0 Å². The molecule has 1 heterocycles. The fourth-order valence-electron chi connectivity index (χ4n) is 2.46. The van der Waals surface area contributed by atoms with Crippen molar-refractivity contribution in [3.05, 3.63) is 39.7 Å². The van der Waals surface area contributed by atoms with Crippen LogP contribution in [-0.4, -0.2) is 22.5 Å². The zero-order valence-corrected chi connectivity index (χ0v) is 12.4. The molecular weight excluding hydrogens is 262 g/mol. The highest BCUT2D eigenvalue weighted by atomic mass is 35.5. The van der Waals surface area contributed by atoms with Gasteiger partial charge in [-0.1, -0.05) is 18.5 Å². The van der Waals surface area contributed by atoms with Crippen molar-refractivity contribution >= 4 is 11.6 Å². The Kier molecular flexibility index (Phi) is 4.10. The summed E-state index contributed by atoms with van der Waals surface area (Å²) in [4.78, 5) is 0. The first kappa shape index (κ1) is 13.9. The maximum Gasteiger partial charge on any atom is 0.122 e. The average molecular weight is 280 g/mol. The minimum absolute atomic E-state index is 0.262. The van der Waals surface area contributed by atoms with Crippen LogP contribution in [0.5, 0.6) is 5.75 Å². The second-order valence-corrected chi connectivity index (χ2v) is 5.19. The number of methoxy groups -OCH3 is 1. The number of halogens is 1. The highest BCUT2D eigenvalue weighted by Crippen LogP contribution is 2.37. The second-order valence-electron chi connectivity index (χ2n) is 4.81. The van der Waals surface area contributed by atoms with Crippen LogP contribution in [0.25, 0.3) is 0 Å². The minimum Gasteiger partial charge on any atom is -0.496 e. The van der Waals surface area contributed by atoms with E-state index in [1.54, 1.807) is 13.3 Å². The molecule has 0 amide bonds. The van der Waals surface area contributed by atoms with Gasteiger partial charge in [0, 0.05) is 10.6 Å². The van der Waals surface area contributed by atoms with Crippen molar-refractivity contribution in [2.24, 2.45) is 0 Å². The molecule has 1 aromatic carbocycles. The van der Waals surface area contributed by atoms with E-state index in [9.17, 15) is 0 Å². The summed E-state index contributed by atoms with van der Waals surface area (Å²) < 4.78 is 5.50. The van der Waals surface area contributed by atoms with Gasteiger partial charge >= 0.3 is 0 Å². The smallest absolute Gasteiger partial charge is 0.122 e. The molecule has 0 bridgehead atoms. The van der Waals surface area contributed by atoms with Crippen molar-refractivity contribution in [1.29, 1.82) is 0 Å². The van der Waals surface area contributed by atoms with Crippen LogP contribution in [-0.2, 0) is 6.42 Å². The summed E-state index contributed by atoms with van der Waals surface area (Å²) in [7, 11) is 1.69. The molecule has 0 aliphatic carbocycles. The SMILES string of the molecule is COc1cc(C)c(Cl)c(C)c1C(C)Cc1cn[nH]n1. The summed E-state index contributed by atoms with van der Waals surface area (Å²) in [5.74, 6) is 1.15. The molecule has 0 spiro atoms. The lowest BCUT2D eigenvalue weighted by molar-refractivity contribution is 0.405. The Hall–Kier alpha value is -1.55. The Morgan fingerprint density at radius 1 is 1.42 bits per heavy atom. The van der Waals surface area contributed by atoms with Crippen LogP contribution >= 0.6 is 11.6 Å². The molecule has 4 nitrogen and oxygen atoms in total. The Labute approximate surface area is 118 Å². The Balaban J connectivity index is 2.40. The molecule has 1 atom stereocenters. The number of aromatic nitrogens is 3. The van der Waals surface area contributed by atoms with Gasteiger partial charge in [-0.2, -0.15) is 15.4 Å². The summed E-state index contributed by atoms with van der Waals surface area (Å²) >= 11 is 6.35. The van der Waals surface area contributed by atoms with Crippen molar-refractivity contribution in [3.8, 4) is 5.75 Å². The van der Waals surface area contributed by atoms with Crippen molar-refractivity contribution in [2.45, 2.75) is 33.1 Å². The van der Waals surface area contributed by atoms with Crippen LogP contribution in [0.2, 0.25) is 5.02 Å². The molecule has 1 N–H and O–H groups in total. The normalized spacial score (nSPS) is 12.5. The van der Waals surface area contributed by atoms with E-state index in [4.69, 9.17) is 16.3 Å². The lowest BCUT2D eigenvalue weighted by atomic mass is 9.90. The molecule has 0 fully saturated rings. The molecule has 0 aliphatic rings. The van der Waals surface area contributed by atoms with Crippen molar-refractivity contribution in [3.63, 3.8) is 0 Å². The number of benzene rings is 1. The number of hydrogen-bond donors (Lipinski definition) is 1. The molecule has 0 radical (unpaired) electrons. The third-order valence-corrected chi connectivity index (χ3v) is 3.97. The molecule has 19 heavy (non-hydrogen) atoms. The number of nitrogens with one attached hydrogen (secondary N) is 1. The highest BCUT2D eigenvalue weighted by Gasteiger charge is 2.19. The topological polar surface area (TPSA) is 50.8 Å². The van der Waals surface area contributed by atoms with Gasteiger partial charge in [-0.3, -0.25) is 0 Å². The van der Waals surface area contributed by atoms with Crippen LogP contribution in [0, 0.1) is 13.8 Å². The minimum atomic E-state index is 0.262. The summed E-state index contributed by atoms with van der Waals surface area (Å²) in [6.45, 7) is 6.17. The molecule has 0 saturated carbocycles. The van der Waals surface area contributed by atoms with E-state index in [1.165, 1.54) is 0 Å². The van der Waals surface area contributed by atoms with E-state index < -0.39 is 0 Å². The molecule has 1 unspecified atom stereocenters. The van der Waals surface area contributed by atoms with Gasteiger partial charge in [0.2, 0.25) is 0 Å². The molecule has 102 valence electrons. The van der Waals surface area contributed by atoms with Crippen molar-refractivity contribution in [1.82, 2.24) is 15.4 Å². The quantitative estimate of drug-likeness (QED) is 0.933. The van der Waals surface area contributed by atoms with Crippen molar-refractivity contribution in [2.75, 3.05) is 7.11 Å². The molecule has 0 aliphatic heterocycles. The van der Waals surface area contributed by atoms with Gasteiger partial charge in [-0.25, -0.2) is 0 Å². The first-order valence-electron chi connectivity index (χ1n) is 6.22. The fraction of sp³-hybridized carbons (Fsp3) is 0.429. The molecule has 5 heteroatoms. The second kappa shape index (κ2) is 5.61. The third-order valence-electron chi connectivity index (χ3n) is 3.39. The molecule has 1 aromatic heterocycles. The van der Waals surface area contributed by atoms with Gasteiger partial charge < -0.3 is 4.74 Å². The van der Waals surface area contributed by atoms with Gasteiger partial charge in [0.15, 0.2) is 0 Å². The van der Waals surface area contributed by atoms with E-state index in [-0.39, 0.29) is 5.92 Å². The lowest BCUT2D eigenvalue weighted by Gasteiger charge is -2.20. The Morgan fingerprint density at radius 3 is 2.74 bits per heavy atom. The first-order valence-corrected chi connectivity index (χ1v) is 6.60. The zero-order valence-electron chi connectivity index (χ0n) is 11.6. The number of ether oxygens (including phenoxy) is 1. The number of aryl methyl sites for hydroxylation is 1. The van der Waals surface area contributed by atoms with E-state index >= 15 is 0 Å². The Bertz CT molecular complexity index is 567. The van der Waals surface area contributed by atoms with E-state index in [2.05, 4.69) is 22.3 Å². The number of aromatic amines is 1. The Morgan fingerprint density at radius 2 is 2.16 bits per heavy atom. The monoisotopic (exact) mass is 279 g/mol. The van der Waals surface area contributed by atoms with Gasteiger partial charge in [0.1, 0.15) is 5.75 Å². The number of H-pyrrole nitrogens is 1. The predicted molar refractivity (Wildman–Crippen MR) is 76.0 cm³/mol. The molecular formula is C14H18ClN3O. The van der Waals surface area contributed by atoms with Crippen LogP contribution in [0.1, 0.15) is 35.2 Å². The molecule has 2 aromatic rings. The lowest BCUT2D eigenvalue weighted by Crippen LogP contribution is -2.05. The summed E-state index contributed by atoms with van der Waals surface area (Å²) in [5.41, 5.74) is 4.19. The summed E-state index contributed by atoms with van der Waals surface area (Å²) in [5, 5.41) is 11.4. The molecule has 0 saturated heterocycles. The maximum absolute atomic E-state index is 6.35. The third kappa shape index (κ3) is 2.73. The van der Waals surface area contributed by atoms with Crippen LogP contribution in [0.15, 0.2) is 12.3 Å². The van der Waals surface area contributed by atoms with E-state index in [0.717, 1.165) is 39.6 Å². The van der Waals surface area contributed by atoms with Gasteiger partial charge in [-0.15, -0.1) is 0 Å². The fourth-order valence-corrected chi connectivity index (χ4v) is 2.61. The summed E-state index contributed by atoms with van der Waals surface area (Å²) in [6, 6.07) is 1.99. The number of hydrogen-bond acceptors (Lipinski definition) is 3. The zero-order chi connectivity index (χ0) is 14.0.